The Hall–Kier alpha value is -1.59. The molecule has 2 amide bonds. The fourth-order valence-corrected chi connectivity index (χ4v) is 4.36. The highest BCUT2D eigenvalue weighted by Crippen LogP contribution is 2.12. The van der Waals surface area contributed by atoms with Crippen LogP contribution >= 0.6 is 0 Å². The molecule has 35 heavy (non-hydrogen) atoms. The van der Waals surface area contributed by atoms with E-state index in [1.54, 1.807) is 0 Å². The monoisotopic (exact) mass is 496 g/mol. The number of aliphatic carboxylic acids is 1. The summed E-state index contributed by atoms with van der Waals surface area (Å²) in [4.78, 5) is 35.5. The molecular formula is C29H56N2O4. The van der Waals surface area contributed by atoms with Gasteiger partial charge in [-0.15, -0.1) is 0 Å². The largest absolute Gasteiger partial charge is 0.481 e. The zero-order valence-electron chi connectivity index (χ0n) is 23.2. The van der Waals surface area contributed by atoms with Crippen LogP contribution in [0.4, 0.5) is 0 Å². The molecule has 0 aromatic rings. The fraction of sp³-hybridized carbons (Fsp3) is 0.897. The van der Waals surface area contributed by atoms with Crippen molar-refractivity contribution in [2.75, 3.05) is 6.54 Å². The smallest absolute Gasteiger partial charge is 0.303 e. The molecule has 206 valence electrons. The Morgan fingerprint density at radius 1 is 0.657 bits per heavy atom. The van der Waals surface area contributed by atoms with Gasteiger partial charge in [0.1, 0.15) is 6.04 Å². The van der Waals surface area contributed by atoms with Crippen LogP contribution in [0.1, 0.15) is 149 Å². The number of rotatable bonds is 25. The lowest BCUT2D eigenvalue weighted by Gasteiger charge is -2.20. The maximum absolute atomic E-state index is 12.7. The van der Waals surface area contributed by atoms with Crippen LogP contribution in [-0.4, -0.2) is 35.5 Å². The predicted octanol–water partition coefficient (Wildman–Crippen LogP) is 7.15. The minimum Gasteiger partial charge on any atom is -0.481 e. The van der Waals surface area contributed by atoms with Gasteiger partial charge in [-0.1, -0.05) is 111 Å². The Morgan fingerprint density at radius 3 is 1.60 bits per heavy atom. The first-order valence-electron chi connectivity index (χ1n) is 14.7. The molecule has 0 fully saturated rings. The molecule has 0 radical (unpaired) electrons. The first-order chi connectivity index (χ1) is 16.9. The minimum absolute atomic E-state index is 0.00268. The molecule has 1 atom stereocenters. The Balaban J connectivity index is 3.89. The predicted molar refractivity (Wildman–Crippen MR) is 145 cm³/mol. The van der Waals surface area contributed by atoms with Gasteiger partial charge in [-0.2, -0.15) is 0 Å². The number of carboxylic acid groups (broad SMARTS) is 1. The van der Waals surface area contributed by atoms with Crippen LogP contribution in [0.25, 0.3) is 0 Å². The summed E-state index contributed by atoms with van der Waals surface area (Å²) in [6.07, 6.45) is 20.8. The summed E-state index contributed by atoms with van der Waals surface area (Å²) in [5.74, 6) is -0.426. The molecule has 0 spiro atoms. The van der Waals surface area contributed by atoms with Crippen molar-refractivity contribution in [2.24, 2.45) is 5.92 Å². The van der Waals surface area contributed by atoms with Crippen molar-refractivity contribution in [3.63, 3.8) is 0 Å². The molecule has 0 aromatic carbocycles. The van der Waals surface area contributed by atoms with Gasteiger partial charge in [-0.25, -0.2) is 0 Å². The van der Waals surface area contributed by atoms with E-state index >= 15 is 0 Å². The summed E-state index contributed by atoms with van der Waals surface area (Å²) in [6, 6.07) is -0.438. The summed E-state index contributed by atoms with van der Waals surface area (Å²) >= 11 is 0. The van der Waals surface area contributed by atoms with Gasteiger partial charge in [-0.05, 0) is 31.6 Å². The van der Waals surface area contributed by atoms with Gasteiger partial charge < -0.3 is 15.7 Å². The highest BCUT2D eigenvalue weighted by atomic mass is 16.4. The second-order valence-electron chi connectivity index (χ2n) is 10.6. The molecule has 0 heterocycles. The molecule has 0 saturated carbocycles. The number of amides is 2. The van der Waals surface area contributed by atoms with Gasteiger partial charge in [-0.3, -0.25) is 14.4 Å². The van der Waals surface area contributed by atoms with Crippen molar-refractivity contribution in [1.29, 1.82) is 0 Å². The normalized spacial score (nSPS) is 12.0. The summed E-state index contributed by atoms with van der Waals surface area (Å²) in [5, 5.41) is 14.6. The van der Waals surface area contributed by atoms with Crippen molar-refractivity contribution >= 4 is 17.8 Å². The van der Waals surface area contributed by atoms with Gasteiger partial charge in [0.25, 0.3) is 0 Å². The molecule has 3 N–H and O–H groups in total. The van der Waals surface area contributed by atoms with Crippen LogP contribution in [0, 0.1) is 5.92 Å². The third-order valence-electron chi connectivity index (χ3n) is 6.48. The second-order valence-corrected chi connectivity index (χ2v) is 10.6. The summed E-state index contributed by atoms with van der Waals surface area (Å²) in [5.41, 5.74) is 0. The lowest BCUT2D eigenvalue weighted by molar-refractivity contribution is -0.137. The average molecular weight is 497 g/mol. The van der Waals surface area contributed by atoms with Crippen LogP contribution < -0.4 is 10.6 Å². The maximum Gasteiger partial charge on any atom is 0.303 e. The second kappa shape index (κ2) is 24.1. The standard InChI is InChI=1S/C29H56N2O4/c1-4-5-6-7-8-9-12-15-18-21-27(32)31-26(24-25(2)3)29(35)30-23-20-17-14-11-10-13-16-19-22-28(33)34/h25-26H,4-24H2,1-3H3,(H,30,35)(H,31,32)(H,33,34)/t26-/m0/s1. The van der Waals surface area contributed by atoms with Crippen molar-refractivity contribution in [2.45, 2.75) is 155 Å². The van der Waals surface area contributed by atoms with E-state index in [9.17, 15) is 14.4 Å². The van der Waals surface area contributed by atoms with E-state index in [2.05, 4.69) is 31.4 Å². The molecule has 6 heteroatoms. The minimum atomic E-state index is -0.707. The molecule has 0 aliphatic heterocycles. The van der Waals surface area contributed by atoms with Crippen LogP contribution in [0.3, 0.4) is 0 Å². The first-order valence-corrected chi connectivity index (χ1v) is 14.7. The average Bonchev–Trinajstić information content (AvgIpc) is 2.80. The summed E-state index contributed by atoms with van der Waals surface area (Å²) < 4.78 is 0. The number of nitrogens with one attached hydrogen (secondary N) is 2. The number of hydrogen-bond acceptors (Lipinski definition) is 3. The number of carboxylic acids is 1. The van der Waals surface area contributed by atoms with Crippen LogP contribution in [0.2, 0.25) is 0 Å². The number of hydrogen-bond donors (Lipinski definition) is 3. The SMILES string of the molecule is CCCCCCCCCCCC(=O)N[C@@H](CC(C)C)C(=O)NCCCCCCCCCCC(=O)O. The lowest BCUT2D eigenvalue weighted by Crippen LogP contribution is -2.47. The van der Waals surface area contributed by atoms with E-state index in [1.165, 1.54) is 44.9 Å². The van der Waals surface area contributed by atoms with E-state index in [0.29, 0.717) is 25.3 Å². The summed E-state index contributed by atoms with van der Waals surface area (Å²) in [6.45, 7) is 7.05. The van der Waals surface area contributed by atoms with Gasteiger partial charge in [0.05, 0.1) is 0 Å². The Labute approximate surface area is 215 Å². The Morgan fingerprint density at radius 2 is 1.11 bits per heavy atom. The van der Waals surface area contributed by atoms with E-state index < -0.39 is 12.0 Å². The van der Waals surface area contributed by atoms with Crippen LogP contribution in [0.5, 0.6) is 0 Å². The third-order valence-corrected chi connectivity index (χ3v) is 6.48. The summed E-state index contributed by atoms with van der Waals surface area (Å²) in [7, 11) is 0. The zero-order valence-corrected chi connectivity index (χ0v) is 23.2. The molecule has 0 rings (SSSR count). The topological polar surface area (TPSA) is 95.5 Å². The van der Waals surface area contributed by atoms with Gasteiger partial charge >= 0.3 is 5.97 Å². The molecule has 0 unspecified atom stereocenters. The lowest BCUT2D eigenvalue weighted by atomic mass is 10.0. The molecule has 0 bridgehead atoms. The molecule has 0 aliphatic carbocycles. The molecule has 0 saturated heterocycles. The number of unbranched alkanes of at least 4 members (excludes halogenated alkanes) is 15. The molecule has 0 aliphatic rings. The van der Waals surface area contributed by atoms with Gasteiger partial charge in [0, 0.05) is 19.4 Å². The van der Waals surface area contributed by atoms with Crippen molar-refractivity contribution in [1.82, 2.24) is 10.6 Å². The Kier molecular flexibility index (Phi) is 23.0. The number of carbonyl (C=O) groups excluding carboxylic acids is 2. The first kappa shape index (κ1) is 33.4. The molecule has 0 aromatic heterocycles. The maximum atomic E-state index is 12.7. The number of carbonyl (C=O) groups is 3. The van der Waals surface area contributed by atoms with E-state index in [-0.39, 0.29) is 18.2 Å². The van der Waals surface area contributed by atoms with Crippen LogP contribution in [-0.2, 0) is 14.4 Å². The third kappa shape index (κ3) is 23.9. The quantitative estimate of drug-likeness (QED) is 0.117. The van der Waals surface area contributed by atoms with Gasteiger partial charge in [0.15, 0.2) is 0 Å². The zero-order chi connectivity index (χ0) is 26.2. The van der Waals surface area contributed by atoms with Crippen molar-refractivity contribution in [3.05, 3.63) is 0 Å². The van der Waals surface area contributed by atoms with Crippen molar-refractivity contribution < 1.29 is 19.5 Å². The van der Waals surface area contributed by atoms with Crippen LogP contribution in [0.15, 0.2) is 0 Å². The highest BCUT2D eigenvalue weighted by Gasteiger charge is 2.21. The van der Waals surface area contributed by atoms with E-state index in [4.69, 9.17) is 5.11 Å². The van der Waals surface area contributed by atoms with E-state index in [0.717, 1.165) is 64.2 Å². The fourth-order valence-electron chi connectivity index (χ4n) is 4.36. The highest BCUT2D eigenvalue weighted by molar-refractivity contribution is 5.87. The van der Waals surface area contributed by atoms with Crippen molar-refractivity contribution in [3.8, 4) is 0 Å². The van der Waals surface area contributed by atoms with E-state index in [1.807, 2.05) is 0 Å². The molecule has 6 nitrogen and oxygen atoms in total. The Bertz CT molecular complexity index is 537. The van der Waals surface area contributed by atoms with Gasteiger partial charge in [0.2, 0.25) is 11.8 Å². The molecular weight excluding hydrogens is 440 g/mol.